The number of rotatable bonds is 1. The van der Waals surface area contributed by atoms with Crippen LogP contribution < -0.4 is 0 Å². The van der Waals surface area contributed by atoms with Crippen LogP contribution in [-0.2, 0) is 11.1 Å². The molecule has 14 heavy (non-hydrogen) atoms. The third-order valence-electron chi connectivity index (χ3n) is 2.01. The number of hydrogen-bond acceptors (Lipinski definition) is 1. The summed E-state index contributed by atoms with van der Waals surface area (Å²) in [7, 11) is 0. The molecule has 72 valence electrons. The molecule has 2 aromatic carbocycles. The van der Waals surface area contributed by atoms with Crippen LogP contribution in [0.3, 0.4) is 0 Å². The Bertz CT molecular complexity index is 510. The first-order valence-corrected chi connectivity index (χ1v) is 5.88. The molecule has 0 spiro atoms. The van der Waals surface area contributed by atoms with Crippen molar-refractivity contribution in [3.05, 3.63) is 40.9 Å². The van der Waals surface area contributed by atoms with E-state index in [1.54, 1.807) is 6.07 Å². The van der Waals surface area contributed by atoms with E-state index in [1.807, 2.05) is 30.3 Å². The molecule has 0 saturated carbocycles. The molecule has 0 fully saturated rings. The molecule has 0 amide bonds. The first kappa shape index (κ1) is 9.83. The topological polar surface area (TPSA) is 37.3 Å². The first-order chi connectivity index (χ1) is 6.70. The molecule has 0 bridgehead atoms. The van der Waals surface area contributed by atoms with Crippen molar-refractivity contribution in [3.8, 4) is 0 Å². The summed E-state index contributed by atoms with van der Waals surface area (Å²) >= 11 is 1.30. The Labute approximate surface area is 92.4 Å². The van der Waals surface area contributed by atoms with Crippen molar-refractivity contribution in [2.24, 2.45) is 0 Å². The SMILES string of the molecule is O=S(O)c1c(Br)ccc2ccccc12. The van der Waals surface area contributed by atoms with Gasteiger partial charge in [0.2, 0.25) is 0 Å². The van der Waals surface area contributed by atoms with E-state index in [0.29, 0.717) is 9.37 Å². The lowest BCUT2D eigenvalue weighted by Gasteiger charge is -2.04. The number of fused-ring (bicyclic) bond motifs is 1. The summed E-state index contributed by atoms with van der Waals surface area (Å²) in [4.78, 5) is 0.433. The minimum Gasteiger partial charge on any atom is -0.302 e. The maximum absolute atomic E-state index is 11.1. The van der Waals surface area contributed by atoms with Crippen LogP contribution in [0, 0.1) is 0 Å². The van der Waals surface area contributed by atoms with Crippen LogP contribution in [0.25, 0.3) is 10.8 Å². The van der Waals surface area contributed by atoms with Gasteiger partial charge in [-0.1, -0.05) is 30.3 Å². The van der Waals surface area contributed by atoms with Gasteiger partial charge in [-0.3, -0.25) is 0 Å². The van der Waals surface area contributed by atoms with Gasteiger partial charge in [0.25, 0.3) is 0 Å². The van der Waals surface area contributed by atoms with E-state index in [4.69, 9.17) is 4.55 Å². The molecular weight excluding hydrogens is 264 g/mol. The lowest BCUT2D eigenvalue weighted by Crippen LogP contribution is -1.91. The Kier molecular flexibility index (Phi) is 2.67. The molecule has 0 saturated heterocycles. The highest BCUT2D eigenvalue weighted by molar-refractivity contribution is 9.10. The largest absolute Gasteiger partial charge is 0.302 e. The summed E-state index contributed by atoms with van der Waals surface area (Å²) < 4.78 is 20.9. The minimum absolute atomic E-state index is 0.433. The Morgan fingerprint density at radius 3 is 2.57 bits per heavy atom. The summed E-state index contributed by atoms with van der Waals surface area (Å²) in [5.41, 5.74) is 0. The Morgan fingerprint density at radius 2 is 1.86 bits per heavy atom. The molecule has 0 aliphatic heterocycles. The Balaban J connectivity index is 2.90. The lowest BCUT2D eigenvalue weighted by atomic mass is 10.1. The van der Waals surface area contributed by atoms with Crippen molar-refractivity contribution < 1.29 is 8.76 Å². The summed E-state index contributed by atoms with van der Waals surface area (Å²) in [5, 5.41) is 1.77. The second-order valence-electron chi connectivity index (χ2n) is 2.85. The van der Waals surface area contributed by atoms with E-state index in [-0.39, 0.29) is 0 Å². The lowest BCUT2D eigenvalue weighted by molar-refractivity contribution is 0.565. The van der Waals surface area contributed by atoms with Gasteiger partial charge >= 0.3 is 0 Å². The van der Waals surface area contributed by atoms with Crippen LogP contribution in [0.15, 0.2) is 45.8 Å². The van der Waals surface area contributed by atoms with Gasteiger partial charge in [0.1, 0.15) is 0 Å². The molecule has 0 radical (unpaired) electrons. The fourth-order valence-corrected chi connectivity index (χ4v) is 2.76. The summed E-state index contributed by atoms with van der Waals surface area (Å²) in [6.07, 6.45) is 0. The van der Waals surface area contributed by atoms with Gasteiger partial charge in [0.05, 0.1) is 4.90 Å². The molecule has 0 aliphatic carbocycles. The highest BCUT2D eigenvalue weighted by atomic mass is 79.9. The van der Waals surface area contributed by atoms with Gasteiger partial charge in [-0.05, 0) is 27.4 Å². The van der Waals surface area contributed by atoms with E-state index in [2.05, 4.69) is 15.9 Å². The van der Waals surface area contributed by atoms with Crippen LogP contribution in [0.4, 0.5) is 0 Å². The van der Waals surface area contributed by atoms with Gasteiger partial charge < -0.3 is 4.55 Å². The standard InChI is InChI=1S/C10H7BrO2S/c11-9-6-5-7-3-1-2-4-8(7)10(9)14(12)13/h1-6H,(H,12,13). The van der Waals surface area contributed by atoms with Gasteiger partial charge in [0, 0.05) is 9.86 Å². The fraction of sp³-hybridized carbons (Fsp3) is 0. The fourth-order valence-electron chi connectivity index (χ4n) is 1.39. The van der Waals surface area contributed by atoms with Crippen LogP contribution in [0.2, 0.25) is 0 Å². The van der Waals surface area contributed by atoms with E-state index < -0.39 is 11.1 Å². The van der Waals surface area contributed by atoms with E-state index in [9.17, 15) is 4.21 Å². The zero-order valence-corrected chi connectivity index (χ0v) is 9.51. The van der Waals surface area contributed by atoms with Crippen molar-refractivity contribution >= 4 is 37.8 Å². The van der Waals surface area contributed by atoms with Gasteiger partial charge in [-0.25, -0.2) is 4.21 Å². The van der Waals surface area contributed by atoms with Crippen LogP contribution in [0.1, 0.15) is 0 Å². The molecule has 0 aromatic heterocycles. The summed E-state index contributed by atoms with van der Waals surface area (Å²) in [6, 6.07) is 11.2. The zero-order valence-electron chi connectivity index (χ0n) is 7.11. The van der Waals surface area contributed by atoms with Crippen LogP contribution in [-0.4, -0.2) is 8.76 Å². The Hall–Kier alpha value is -0.710. The van der Waals surface area contributed by atoms with Crippen molar-refractivity contribution in [1.82, 2.24) is 0 Å². The third kappa shape index (κ3) is 1.61. The molecule has 0 aliphatic rings. The average Bonchev–Trinajstić information content (AvgIpc) is 2.17. The molecule has 0 heterocycles. The molecule has 2 aromatic rings. The maximum atomic E-state index is 11.1. The number of halogens is 1. The van der Waals surface area contributed by atoms with E-state index >= 15 is 0 Å². The van der Waals surface area contributed by atoms with Gasteiger partial charge in [0.15, 0.2) is 11.1 Å². The number of benzene rings is 2. The maximum Gasteiger partial charge on any atom is 0.188 e. The third-order valence-corrected chi connectivity index (χ3v) is 3.72. The first-order valence-electron chi connectivity index (χ1n) is 3.98. The van der Waals surface area contributed by atoms with Crippen molar-refractivity contribution in [2.75, 3.05) is 0 Å². The van der Waals surface area contributed by atoms with Crippen molar-refractivity contribution in [3.63, 3.8) is 0 Å². The second kappa shape index (κ2) is 3.81. The normalized spacial score (nSPS) is 13.0. The second-order valence-corrected chi connectivity index (χ2v) is 4.61. The summed E-state index contributed by atoms with van der Waals surface area (Å²) in [5.74, 6) is 0. The zero-order chi connectivity index (χ0) is 10.1. The highest BCUT2D eigenvalue weighted by Crippen LogP contribution is 2.28. The average molecular weight is 271 g/mol. The summed E-state index contributed by atoms with van der Waals surface area (Å²) in [6.45, 7) is 0. The van der Waals surface area contributed by atoms with Crippen LogP contribution >= 0.6 is 15.9 Å². The molecule has 2 rings (SSSR count). The highest BCUT2D eigenvalue weighted by Gasteiger charge is 2.09. The van der Waals surface area contributed by atoms with E-state index in [0.717, 1.165) is 10.8 Å². The smallest absolute Gasteiger partial charge is 0.188 e. The van der Waals surface area contributed by atoms with Crippen molar-refractivity contribution in [2.45, 2.75) is 4.90 Å². The molecule has 1 atom stereocenters. The quantitative estimate of drug-likeness (QED) is 0.809. The molecule has 4 heteroatoms. The molecular formula is C10H7BrO2S. The minimum atomic E-state index is -1.96. The van der Waals surface area contributed by atoms with Gasteiger partial charge in [-0.15, -0.1) is 0 Å². The molecule has 1 unspecified atom stereocenters. The number of hydrogen-bond donors (Lipinski definition) is 1. The van der Waals surface area contributed by atoms with Gasteiger partial charge in [-0.2, -0.15) is 0 Å². The monoisotopic (exact) mass is 270 g/mol. The molecule has 1 N–H and O–H groups in total. The molecule has 2 nitrogen and oxygen atoms in total. The predicted molar refractivity (Wildman–Crippen MR) is 60.7 cm³/mol. The van der Waals surface area contributed by atoms with E-state index in [1.165, 1.54) is 0 Å². The predicted octanol–water partition coefficient (Wildman–Crippen LogP) is 3.18. The Morgan fingerprint density at radius 1 is 1.14 bits per heavy atom. The van der Waals surface area contributed by atoms with Crippen molar-refractivity contribution in [1.29, 1.82) is 0 Å². The van der Waals surface area contributed by atoms with Crippen LogP contribution in [0.5, 0.6) is 0 Å².